The smallest absolute Gasteiger partial charge is 0.251 e. The van der Waals surface area contributed by atoms with Gasteiger partial charge in [0.05, 0.1) is 13.0 Å². The van der Waals surface area contributed by atoms with Crippen molar-refractivity contribution in [1.82, 2.24) is 5.32 Å². The van der Waals surface area contributed by atoms with E-state index in [0.29, 0.717) is 13.1 Å². The summed E-state index contributed by atoms with van der Waals surface area (Å²) in [5, 5.41) is 3.00. The normalized spacial score (nSPS) is 10.8. The molecule has 0 aromatic heterocycles. The van der Waals surface area contributed by atoms with Gasteiger partial charge in [0, 0.05) is 18.3 Å². The first-order valence-corrected chi connectivity index (χ1v) is 12.2. The first-order chi connectivity index (χ1) is 17.7. The summed E-state index contributed by atoms with van der Waals surface area (Å²) < 4.78 is 0. The minimum absolute atomic E-state index is 0.0343. The summed E-state index contributed by atoms with van der Waals surface area (Å²) in [4.78, 5) is 27.6. The van der Waals surface area contributed by atoms with E-state index in [-0.39, 0.29) is 18.2 Å². The van der Waals surface area contributed by atoms with Gasteiger partial charge in [0.2, 0.25) is 5.91 Å². The van der Waals surface area contributed by atoms with Crippen molar-refractivity contribution in [2.45, 2.75) is 19.4 Å². The lowest BCUT2D eigenvalue weighted by Gasteiger charge is -2.22. The van der Waals surface area contributed by atoms with Crippen LogP contribution in [0.2, 0.25) is 0 Å². The lowest BCUT2D eigenvalue weighted by atomic mass is 10.1. The van der Waals surface area contributed by atoms with Crippen molar-refractivity contribution in [2.75, 3.05) is 11.4 Å². The van der Waals surface area contributed by atoms with Crippen LogP contribution in [-0.4, -0.2) is 18.4 Å². The molecule has 4 aromatic carbocycles. The summed E-state index contributed by atoms with van der Waals surface area (Å²) in [5.74, 6) is -0.153. The van der Waals surface area contributed by atoms with Crippen molar-refractivity contribution in [2.24, 2.45) is 0 Å². The van der Waals surface area contributed by atoms with Crippen LogP contribution >= 0.6 is 0 Å². The van der Waals surface area contributed by atoms with Crippen LogP contribution in [0.1, 0.15) is 22.3 Å². The van der Waals surface area contributed by atoms with E-state index < -0.39 is 0 Å². The molecule has 4 rings (SSSR count). The molecule has 0 spiro atoms. The van der Waals surface area contributed by atoms with E-state index in [9.17, 15) is 9.59 Å². The molecule has 180 valence electrons. The van der Waals surface area contributed by atoms with Gasteiger partial charge in [-0.25, -0.2) is 0 Å². The SMILES string of the molecule is O=C(Cc1cccc(N(Cc2ccccc2)C(=O)/C=C/c2ccccc2)c1)NCCc1ccccc1. The minimum Gasteiger partial charge on any atom is -0.355 e. The predicted octanol–water partition coefficient (Wildman–Crippen LogP) is 5.83. The van der Waals surface area contributed by atoms with E-state index in [1.54, 1.807) is 11.0 Å². The van der Waals surface area contributed by atoms with Gasteiger partial charge < -0.3 is 10.2 Å². The highest BCUT2D eigenvalue weighted by Crippen LogP contribution is 2.21. The Kier molecular flexibility index (Phi) is 8.82. The molecule has 4 heteroatoms. The highest BCUT2D eigenvalue weighted by molar-refractivity contribution is 6.03. The molecule has 0 saturated heterocycles. The molecule has 1 N–H and O–H groups in total. The van der Waals surface area contributed by atoms with Crippen LogP contribution in [0.5, 0.6) is 0 Å². The largest absolute Gasteiger partial charge is 0.355 e. The van der Waals surface area contributed by atoms with Crippen LogP contribution in [0.15, 0.2) is 121 Å². The Balaban J connectivity index is 1.45. The van der Waals surface area contributed by atoms with Crippen LogP contribution in [-0.2, 0) is 29.0 Å². The number of hydrogen-bond donors (Lipinski definition) is 1. The van der Waals surface area contributed by atoms with E-state index in [4.69, 9.17) is 0 Å². The Morgan fingerprint density at radius 1 is 0.694 bits per heavy atom. The fourth-order valence-corrected chi connectivity index (χ4v) is 3.96. The molecule has 0 aliphatic heterocycles. The average molecular weight is 475 g/mol. The van der Waals surface area contributed by atoms with Gasteiger partial charge in [0.1, 0.15) is 0 Å². The quantitative estimate of drug-likeness (QED) is 0.294. The van der Waals surface area contributed by atoms with Gasteiger partial charge in [-0.3, -0.25) is 9.59 Å². The summed E-state index contributed by atoms with van der Waals surface area (Å²) in [7, 11) is 0. The van der Waals surface area contributed by atoms with E-state index in [1.807, 2.05) is 109 Å². The second-order valence-corrected chi connectivity index (χ2v) is 8.59. The Morgan fingerprint density at radius 3 is 2.00 bits per heavy atom. The molecule has 0 radical (unpaired) electrons. The molecule has 0 fully saturated rings. The van der Waals surface area contributed by atoms with Gasteiger partial charge in [-0.1, -0.05) is 103 Å². The zero-order valence-corrected chi connectivity index (χ0v) is 20.2. The molecular formula is C32H30N2O2. The first-order valence-electron chi connectivity index (χ1n) is 12.2. The number of rotatable bonds is 10. The van der Waals surface area contributed by atoms with Crippen LogP contribution in [0.4, 0.5) is 5.69 Å². The van der Waals surface area contributed by atoms with Crippen LogP contribution < -0.4 is 10.2 Å². The van der Waals surface area contributed by atoms with Gasteiger partial charge in [0.15, 0.2) is 0 Å². The monoisotopic (exact) mass is 474 g/mol. The van der Waals surface area contributed by atoms with Crippen molar-refractivity contribution in [3.8, 4) is 0 Å². The van der Waals surface area contributed by atoms with Gasteiger partial charge >= 0.3 is 0 Å². The molecular weight excluding hydrogens is 444 g/mol. The molecule has 4 nitrogen and oxygen atoms in total. The first kappa shape index (κ1) is 24.7. The number of hydrogen-bond acceptors (Lipinski definition) is 2. The summed E-state index contributed by atoms with van der Waals surface area (Å²) in [6.07, 6.45) is 4.47. The molecule has 2 amide bonds. The van der Waals surface area contributed by atoms with Gasteiger partial charge in [-0.2, -0.15) is 0 Å². The number of carbonyl (C=O) groups excluding carboxylic acids is 2. The van der Waals surface area contributed by atoms with Crippen molar-refractivity contribution in [3.63, 3.8) is 0 Å². The number of amides is 2. The average Bonchev–Trinajstić information content (AvgIpc) is 2.92. The van der Waals surface area contributed by atoms with E-state index in [1.165, 1.54) is 5.56 Å². The maximum absolute atomic E-state index is 13.3. The molecule has 36 heavy (non-hydrogen) atoms. The maximum atomic E-state index is 13.3. The lowest BCUT2D eigenvalue weighted by molar-refractivity contribution is -0.120. The highest BCUT2D eigenvalue weighted by Gasteiger charge is 2.15. The minimum atomic E-state index is -0.118. The third kappa shape index (κ3) is 7.54. The Hall–Kier alpha value is -4.44. The Labute approximate surface area is 212 Å². The number of nitrogens with zero attached hydrogens (tertiary/aromatic N) is 1. The van der Waals surface area contributed by atoms with Crippen molar-refractivity contribution in [3.05, 3.63) is 144 Å². The third-order valence-corrected chi connectivity index (χ3v) is 5.83. The fraction of sp³-hybridized carbons (Fsp3) is 0.125. The summed E-state index contributed by atoms with van der Waals surface area (Å²) in [6, 6.07) is 37.4. The standard InChI is InChI=1S/C32H30N2O2/c35-31(33-22-21-27-13-6-2-7-14-27)24-29-17-10-18-30(23-29)34(25-28-15-8-3-9-16-28)32(36)20-19-26-11-4-1-5-12-26/h1-20,23H,21-22,24-25H2,(H,33,35)/b20-19+. The zero-order valence-electron chi connectivity index (χ0n) is 20.2. The van der Waals surface area contributed by atoms with Gasteiger partial charge in [-0.05, 0) is 46.9 Å². The topological polar surface area (TPSA) is 49.4 Å². The van der Waals surface area contributed by atoms with E-state index >= 15 is 0 Å². The third-order valence-electron chi connectivity index (χ3n) is 5.83. The highest BCUT2D eigenvalue weighted by atomic mass is 16.2. The van der Waals surface area contributed by atoms with Crippen molar-refractivity contribution < 1.29 is 9.59 Å². The van der Waals surface area contributed by atoms with E-state index in [0.717, 1.165) is 28.8 Å². The molecule has 0 unspecified atom stereocenters. The fourth-order valence-electron chi connectivity index (χ4n) is 3.96. The molecule has 0 atom stereocenters. The van der Waals surface area contributed by atoms with Gasteiger partial charge in [0.25, 0.3) is 5.91 Å². The van der Waals surface area contributed by atoms with Crippen LogP contribution in [0.3, 0.4) is 0 Å². The number of benzene rings is 4. The maximum Gasteiger partial charge on any atom is 0.251 e. The molecule has 4 aromatic rings. The van der Waals surface area contributed by atoms with Crippen LogP contribution in [0.25, 0.3) is 6.08 Å². The lowest BCUT2D eigenvalue weighted by Crippen LogP contribution is -2.29. The van der Waals surface area contributed by atoms with E-state index in [2.05, 4.69) is 17.4 Å². The van der Waals surface area contributed by atoms with Gasteiger partial charge in [-0.15, -0.1) is 0 Å². The Morgan fingerprint density at radius 2 is 1.31 bits per heavy atom. The second-order valence-electron chi connectivity index (χ2n) is 8.59. The molecule has 0 aliphatic carbocycles. The molecule has 0 bridgehead atoms. The van der Waals surface area contributed by atoms with Crippen molar-refractivity contribution in [1.29, 1.82) is 0 Å². The second kappa shape index (κ2) is 12.9. The molecule has 0 saturated carbocycles. The summed E-state index contributed by atoms with van der Waals surface area (Å²) in [6.45, 7) is 1.02. The number of anilines is 1. The number of carbonyl (C=O) groups is 2. The van der Waals surface area contributed by atoms with Crippen molar-refractivity contribution >= 4 is 23.6 Å². The summed E-state index contributed by atoms with van der Waals surface area (Å²) in [5.41, 5.74) is 4.81. The zero-order chi connectivity index (χ0) is 25.0. The van der Waals surface area contributed by atoms with Crippen LogP contribution in [0, 0.1) is 0 Å². The molecule has 0 heterocycles. The number of nitrogens with one attached hydrogen (secondary N) is 1. The Bertz CT molecular complexity index is 1290. The summed E-state index contributed by atoms with van der Waals surface area (Å²) >= 11 is 0. The molecule has 0 aliphatic rings. The predicted molar refractivity (Wildman–Crippen MR) is 146 cm³/mol.